The van der Waals surface area contributed by atoms with Crippen molar-refractivity contribution in [1.29, 1.82) is 0 Å². The number of piperazine rings is 1. The minimum Gasteiger partial charge on any atom is -0.495 e. The van der Waals surface area contributed by atoms with Crippen LogP contribution >= 0.6 is 0 Å². The molecule has 0 radical (unpaired) electrons. The molecule has 1 N–H and O–H groups in total. The molecule has 1 saturated heterocycles. The third kappa shape index (κ3) is 5.40. The summed E-state index contributed by atoms with van der Waals surface area (Å²) in [7, 11) is -2.43. The number of hydrogen-bond donors (Lipinski definition) is 1. The van der Waals surface area contributed by atoms with Crippen LogP contribution < -0.4 is 9.46 Å². The molecule has 1 amide bonds. The molecule has 0 bridgehead atoms. The number of nitrogens with zero attached hydrogens (tertiary/aromatic N) is 2. The van der Waals surface area contributed by atoms with E-state index in [1.165, 1.54) is 18.7 Å². The molecule has 3 aromatic rings. The molecule has 8 heteroatoms. The Balaban J connectivity index is 1.47. The smallest absolute Gasteiger partial charge is 0.262 e. The van der Waals surface area contributed by atoms with E-state index in [1.807, 2.05) is 18.2 Å². The van der Waals surface area contributed by atoms with Crippen LogP contribution in [0.1, 0.15) is 21.5 Å². The first-order valence-corrected chi connectivity index (χ1v) is 12.7. The first kappa shape index (κ1) is 23.8. The quantitative estimate of drug-likeness (QED) is 0.558. The van der Waals surface area contributed by atoms with Gasteiger partial charge in [0.1, 0.15) is 5.75 Å². The van der Waals surface area contributed by atoms with E-state index in [2.05, 4.69) is 21.8 Å². The molecule has 3 aromatic carbocycles. The van der Waals surface area contributed by atoms with Crippen LogP contribution in [0.4, 0.5) is 5.69 Å². The number of aryl methyl sites for hydroxylation is 1. The molecule has 0 spiro atoms. The molecule has 1 aliphatic rings. The summed E-state index contributed by atoms with van der Waals surface area (Å²) in [6.45, 7) is 5.31. The average Bonchev–Trinajstić information content (AvgIpc) is 2.85. The van der Waals surface area contributed by atoms with Gasteiger partial charge in [0.15, 0.2) is 0 Å². The summed E-state index contributed by atoms with van der Waals surface area (Å²) in [6, 6.07) is 21.9. The molecule has 0 atom stereocenters. The fourth-order valence-electron chi connectivity index (χ4n) is 4.08. The van der Waals surface area contributed by atoms with Gasteiger partial charge in [-0.15, -0.1) is 0 Å². The van der Waals surface area contributed by atoms with E-state index >= 15 is 0 Å². The maximum atomic E-state index is 13.2. The second kappa shape index (κ2) is 10.3. The largest absolute Gasteiger partial charge is 0.495 e. The standard InChI is InChI=1S/C26H29N3O4S/c1-20-12-13-22(18-25(20)34(31,32)27-23-10-6-7-11-24(23)33-2)26(30)29-16-14-28(15-17-29)19-21-8-4-3-5-9-21/h3-13,18,27H,14-17,19H2,1-2H3. The Morgan fingerprint density at radius 3 is 2.32 bits per heavy atom. The van der Waals surface area contributed by atoms with Crippen LogP contribution in [0, 0.1) is 6.92 Å². The number of ether oxygens (including phenoxy) is 1. The zero-order chi connectivity index (χ0) is 24.1. The summed E-state index contributed by atoms with van der Waals surface area (Å²) in [5.74, 6) is 0.262. The van der Waals surface area contributed by atoms with Gasteiger partial charge in [-0.2, -0.15) is 0 Å². The van der Waals surface area contributed by atoms with E-state index < -0.39 is 10.0 Å². The first-order chi connectivity index (χ1) is 16.4. The molecule has 1 fully saturated rings. The van der Waals surface area contributed by atoms with E-state index in [4.69, 9.17) is 4.74 Å². The van der Waals surface area contributed by atoms with Crippen molar-refractivity contribution in [2.24, 2.45) is 0 Å². The second-order valence-electron chi connectivity index (χ2n) is 8.34. The minimum atomic E-state index is -3.92. The van der Waals surface area contributed by atoms with Crippen molar-refractivity contribution in [1.82, 2.24) is 9.80 Å². The number of benzene rings is 3. The van der Waals surface area contributed by atoms with Gasteiger partial charge in [-0.3, -0.25) is 14.4 Å². The van der Waals surface area contributed by atoms with Gasteiger partial charge in [-0.25, -0.2) is 8.42 Å². The molecular formula is C26H29N3O4S. The Kier molecular flexibility index (Phi) is 7.19. The van der Waals surface area contributed by atoms with Gasteiger partial charge in [-0.05, 0) is 42.3 Å². The predicted octanol–water partition coefficient (Wildman–Crippen LogP) is 3.76. The molecule has 0 aromatic heterocycles. The molecule has 0 unspecified atom stereocenters. The van der Waals surface area contributed by atoms with Crippen molar-refractivity contribution in [3.8, 4) is 5.75 Å². The highest BCUT2D eigenvalue weighted by molar-refractivity contribution is 7.92. The maximum Gasteiger partial charge on any atom is 0.262 e. The molecule has 0 saturated carbocycles. The molecule has 4 rings (SSSR count). The molecular weight excluding hydrogens is 450 g/mol. The van der Waals surface area contributed by atoms with Crippen LogP contribution in [0.3, 0.4) is 0 Å². The van der Waals surface area contributed by atoms with Crippen molar-refractivity contribution < 1.29 is 17.9 Å². The average molecular weight is 480 g/mol. The number of hydrogen-bond acceptors (Lipinski definition) is 5. The van der Waals surface area contributed by atoms with Crippen molar-refractivity contribution >= 4 is 21.6 Å². The number of sulfonamides is 1. The number of carbonyl (C=O) groups is 1. The number of rotatable bonds is 7. The van der Waals surface area contributed by atoms with Crippen LogP contribution in [0.25, 0.3) is 0 Å². The van der Waals surface area contributed by atoms with E-state index in [1.54, 1.807) is 48.2 Å². The lowest BCUT2D eigenvalue weighted by atomic mass is 10.1. The van der Waals surface area contributed by atoms with Gasteiger partial charge in [0.05, 0.1) is 17.7 Å². The van der Waals surface area contributed by atoms with E-state index in [9.17, 15) is 13.2 Å². The summed E-state index contributed by atoms with van der Waals surface area (Å²) >= 11 is 0. The Morgan fingerprint density at radius 2 is 1.62 bits per heavy atom. The van der Waals surface area contributed by atoms with Gasteiger partial charge < -0.3 is 9.64 Å². The zero-order valence-electron chi connectivity index (χ0n) is 19.4. The minimum absolute atomic E-state index is 0.0759. The highest BCUT2D eigenvalue weighted by Crippen LogP contribution is 2.28. The van der Waals surface area contributed by atoms with Gasteiger partial charge in [-0.1, -0.05) is 48.5 Å². The van der Waals surface area contributed by atoms with Crippen molar-refractivity contribution in [3.05, 3.63) is 89.5 Å². The summed E-state index contributed by atoms with van der Waals surface area (Å²) in [6.07, 6.45) is 0. The third-order valence-corrected chi connectivity index (χ3v) is 7.49. The topological polar surface area (TPSA) is 78.9 Å². The van der Waals surface area contributed by atoms with Crippen LogP contribution in [0.2, 0.25) is 0 Å². The second-order valence-corrected chi connectivity index (χ2v) is 9.99. The van der Waals surface area contributed by atoms with Gasteiger partial charge in [0.2, 0.25) is 0 Å². The summed E-state index contributed by atoms with van der Waals surface area (Å²) in [5, 5.41) is 0. The van der Waals surface area contributed by atoms with Crippen molar-refractivity contribution in [2.45, 2.75) is 18.4 Å². The fraction of sp³-hybridized carbons (Fsp3) is 0.269. The van der Waals surface area contributed by atoms with E-state index in [-0.39, 0.29) is 10.8 Å². The Bertz CT molecular complexity index is 1250. The normalized spacial score (nSPS) is 14.6. The summed E-state index contributed by atoms with van der Waals surface area (Å²) < 4.78 is 34.2. The van der Waals surface area contributed by atoms with Crippen molar-refractivity contribution in [2.75, 3.05) is 38.0 Å². The lowest BCUT2D eigenvalue weighted by molar-refractivity contribution is 0.0628. The third-order valence-electron chi connectivity index (χ3n) is 5.98. The van der Waals surface area contributed by atoms with Gasteiger partial charge in [0, 0.05) is 38.3 Å². The van der Waals surface area contributed by atoms with Gasteiger partial charge in [0.25, 0.3) is 15.9 Å². The monoisotopic (exact) mass is 479 g/mol. The summed E-state index contributed by atoms with van der Waals surface area (Å²) in [4.78, 5) is 17.4. The van der Waals surface area contributed by atoms with Crippen molar-refractivity contribution in [3.63, 3.8) is 0 Å². The van der Waals surface area contributed by atoms with E-state index in [0.29, 0.717) is 35.7 Å². The molecule has 7 nitrogen and oxygen atoms in total. The van der Waals surface area contributed by atoms with Crippen LogP contribution in [0.15, 0.2) is 77.7 Å². The molecule has 0 aliphatic carbocycles. The van der Waals surface area contributed by atoms with Gasteiger partial charge >= 0.3 is 0 Å². The molecule has 34 heavy (non-hydrogen) atoms. The number of nitrogens with one attached hydrogen (secondary N) is 1. The lowest BCUT2D eigenvalue weighted by Crippen LogP contribution is -2.48. The highest BCUT2D eigenvalue weighted by atomic mass is 32.2. The Hall–Kier alpha value is -3.36. The SMILES string of the molecule is COc1ccccc1NS(=O)(=O)c1cc(C(=O)N2CCN(Cc3ccccc3)CC2)ccc1C. The Labute approximate surface area is 201 Å². The molecule has 1 heterocycles. The predicted molar refractivity (Wildman–Crippen MR) is 133 cm³/mol. The zero-order valence-corrected chi connectivity index (χ0v) is 20.2. The molecule has 1 aliphatic heterocycles. The van der Waals surface area contributed by atoms with Crippen LogP contribution in [-0.4, -0.2) is 57.4 Å². The number of amides is 1. The summed E-state index contributed by atoms with van der Waals surface area (Å²) in [5.41, 5.74) is 2.52. The fourth-order valence-corrected chi connectivity index (χ4v) is 5.43. The lowest BCUT2D eigenvalue weighted by Gasteiger charge is -2.35. The van der Waals surface area contributed by atoms with Crippen LogP contribution in [-0.2, 0) is 16.6 Å². The Morgan fingerprint density at radius 1 is 0.941 bits per heavy atom. The number of carbonyl (C=O) groups excluding carboxylic acids is 1. The van der Waals surface area contributed by atoms with Crippen LogP contribution in [0.5, 0.6) is 5.75 Å². The van der Waals surface area contributed by atoms with E-state index in [0.717, 1.165) is 19.6 Å². The number of para-hydroxylation sites is 2. The highest BCUT2D eigenvalue weighted by Gasteiger charge is 2.25. The maximum absolute atomic E-state index is 13.2. The number of anilines is 1. The molecule has 178 valence electrons. The first-order valence-electron chi connectivity index (χ1n) is 11.2. The number of methoxy groups -OCH3 is 1.